The summed E-state index contributed by atoms with van der Waals surface area (Å²) < 4.78 is 2.05. The molecule has 0 saturated heterocycles. The summed E-state index contributed by atoms with van der Waals surface area (Å²) >= 11 is 1.83. The SMILES string of the molecule is Cn1cc2c(c1C(=O)O)NCC1(CC1)S2. The molecule has 0 radical (unpaired) electrons. The Hall–Kier alpha value is -1.10. The topological polar surface area (TPSA) is 54.3 Å². The van der Waals surface area contributed by atoms with E-state index < -0.39 is 5.97 Å². The minimum Gasteiger partial charge on any atom is -0.477 e. The Labute approximate surface area is 91.7 Å². The summed E-state index contributed by atoms with van der Waals surface area (Å²) in [5.41, 5.74) is 1.17. The lowest BCUT2D eigenvalue weighted by atomic mass is 10.3. The number of nitrogens with one attached hydrogen (secondary N) is 1. The summed E-state index contributed by atoms with van der Waals surface area (Å²) in [5, 5.41) is 12.3. The molecule has 2 N–H and O–H groups in total. The zero-order valence-corrected chi connectivity index (χ0v) is 9.23. The minimum atomic E-state index is -0.862. The monoisotopic (exact) mass is 224 g/mol. The van der Waals surface area contributed by atoms with Gasteiger partial charge in [0.15, 0.2) is 5.69 Å². The van der Waals surface area contributed by atoms with Crippen LogP contribution in [0.3, 0.4) is 0 Å². The molecule has 15 heavy (non-hydrogen) atoms. The van der Waals surface area contributed by atoms with Crippen LogP contribution in [0.1, 0.15) is 23.3 Å². The van der Waals surface area contributed by atoms with Crippen molar-refractivity contribution in [3.05, 3.63) is 11.9 Å². The van der Waals surface area contributed by atoms with E-state index in [0.717, 1.165) is 17.1 Å². The van der Waals surface area contributed by atoms with E-state index in [2.05, 4.69) is 5.32 Å². The Kier molecular flexibility index (Phi) is 1.66. The van der Waals surface area contributed by atoms with E-state index in [1.54, 1.807) is 11.6 Å². The molecule has 1 aromatic rings. The largest absolute Gasteiger partial charge is 0.477 e. The summed E-state index contributed by atoms with van der Waals surface area (Å²) in [6, 6.07) is 0. The number of carboxylic acid groups (broad SMARTS) is 1. The van der Waals surface area contributed by atoms with Crippen LogP contribution in [0.4, 0.5) is 5.69 Å². The second-order valence-corrected chi connectivity index (χ2v) is 5.78. The fourth-order valence-corrected chi connectivity index (χ4v) is 3.44. The number of aryl methyl sites for hydroxylation is 1. The molecule has 1 spiro atoms. The van der Waals surface area contributed by atoms with Gasteiger partial charge in [0.1, 0.15) is 0 Å². The van der Waals surface area contributed by atoms with Crippen LogP contribution in [0.5, 0.6) is 0 Å². The first kappa shape index (κ1) is 9.15. The highest BCUT2D eigenvalue weighted by atomic mass is 32.2. The molecule has 0 unspecified atom stereocenters. The van der Waals surface area contributed by atoms with Crippen LogP contribution < -0.4 is 5.32 Å². The van der Waals surface area contributed by atoms with Crippen molar-refractivity contribution < 1.29 is 9.90 Å². The lowest BCUT2D eigenvalue weighted by molar-refractivity contribution is 0.0687. The highest BCUT2D eigenvalue weighted by Gasteiger charge is 2.47. The molecule has 1 aliphatic carbocycles. The summed E-state index contributed by atoms with van der Waals surface area (Å²) in [5.74, 6) is -0.862. The average Bonchev–Trinajstić information content (AvgIpc) is 2.80. The third kappa shape index (κ3) is 1.26. The maximum Gasteiger partial charge on any atom is 0.354 e. The van der Waals surface area contributed by atoms with Crippen LogP contribution in [0, 0.1) is 0 Å². The molecule has 1 saturated carbocycles. The zero-order valence-electron chi connectivity index (χ0n) is 8.41. The zero-order chi connectivity index (χ0) is 10.6. The maximum absolute atomic E-state index is 11.1. The number of nitrogens with zero attached hydrogens (tertiary/aromatic N) is 1. The summed E-state index contributed by atoms with van der Waals surface area (Å²) in [6.45, 7) is 0.898. The fourth-order valence-electron chi connectivity index (χ4n) is 2.04. The van der Waals surface area contributed by atoms with Crippen molar-refractivity contribution >= 4 is 23.4 Å². The molecule has 80 valence electrons. The molecule has 0 amide bonds. The van der Waals surface area contributed by atoms with Gasteiger partial charge in [-0.05, 0) is 12.8 Å². The molecule has 0 aromatic carbocycles. The van der Waals surface area contributed by atoms with E-state index in [1.165, 1.54) is 12.8 Å². The Balaban J connectivity index is 2.06. The quantitative estimate of drug-likeness (QED) is 0.763. The van der Waals surface area contributed by atoms with Gasteiger partial charge in [-0.3, -0.25) is 0 Å². The van der Waals surface area contributed by atoms with Crippen molar-refractivity contribution in [3.63, 3.8) is 0 Å². The van der Waals surface area contributed by atoms with Gasteiger partial charge in [-0.15, -0.1) is 11.8 Å². The lowest BCUT2D eigenvalue weighted by Gasteiger charge is -2.22. The van der Waals surface area contributed by atoms with Crippen molar-refractivity contribution in [3.8, 4) is 0 Å². The molecule has 2 aliphatic rings. The maximum atomic E-state index is 11.1. The predicted molar refractivity (Wildman–Crippen MR) is 58.7 cm³/mol. The van der Waals surface area contributed by atoms with Gasteiger partial charge in [0, 0.05) is 29.4 Å². The molecular formula is C10H12N2O2S. The number of anilines is 1. The second-order valence-electron chi connectivity index (χ2n) is 4.27. The third-order valence-electron chi connectivity index (χ3n) is 3.07. The van der Waals surface area contributed by atoms with Gasteiger partial charge in [0.05, 0.1) is 5.69 Å². The van der Waals surface area contributed by atoms with Crippen LogP contribution in [-0.2, 0) is 7.05 Å². The van der Waals surface area contributed by atoms with E-state index in [4.69, 9.17) is 5.11 Å². The van der Waals surface area contributed by atoms with E-state index >= 15 is 0 Å². The molecular weight excluding hydrogens is 212 g/mol. The van der Waals surface area contributed by atoms with Crippen LogP contribution >= 0.6 is 11.8 Å². The highest BCUT2D eigenvalue weighted by Crippen LogP contribution is 2.56. The molecule has 1 fully saturated rings. The second kappa shape index (κ2) is 2.72. The first-order chi connectivity index (χ1) is 7.11. The number of carboxylic acids is 1. The Morgan fingerprint density at radius 3 is 3.00 bits per heavy atom. The Bertz CT molecular complexity index is 449. The minimum absolute atomic E-state index is 0.365. The van der Waals surface area contributed by atoms with Gasteiger partial charge in [-0.1, -0.05) is 0 Å². The number of rotatable bonds is 1. The Morgan fingerprint density at radius 2 is 2.40 bits per heavy atom. The third-order valence-corrected chi connectivity index (χ3v) is 4.59. The molecule has 0 atom stereocenters. The van der Waals surface area contributed by atoms with Crippen LogP contribution in [0.15, 0.2) is 11.1 Å². The highest BCUT2D eigenvalue weighted by molar-refractivity contribution is 8.01. The van der Waals surface area contributed by atoms with E-state index in [9.17, 15) is 4.79 Å². The molecule has 3 rings (SSSR count). The predicted octanol–water partition coefficient (Wildman–Crippen LogP) is 1.77. The average molecular weight is 224 g/mol. The van der Waals surface area contributed by atoms with E-state index in [-0.39, 0.29) is 0 Å². The molecule has 1 aromatic heterocycles. The van der Waals surface area contributed by atoms with Gasteiger partial charge < -0.3 is 15.0 Å². The van der Waals surface area contributed by atoms with Crippen molar-refractivity contribution in [2.24, 2.45) is 7.05 Å². The fraction of sp³-hybridized carbons (Fsp3) is 0.500. The number of fused-ring (bicyclic) bond motifs is 1. The number of hydrogen-bond donors (Lipinski definition) is 2. The Morgan fingerprint density at radius 1 is 1.67 bits per heavy atom. The normalized spacial score (nSPS) is 20.9. The summed E-state index contributed by atoms with van der Waals surface area (Å²) in [4.78, 5) is 12.1. The first-order valence-corrected chi connectivity index (χ1v) is 5.78. The summed E-state index contributed by atoms with van der Waals surface area (Å²) in [6.07, 6.45) is 4.39. The number of aromatic nitrogens is 1. The molecule has 4 nitrogen and oxygen atoms in total. The van der Waals surface area contributed by atoms with Crippen molar-refractivity contribution in [1.82, 2.24) is 4.57 Å². The number of thioether (sulfide) groups is 1. The van der Waals surface area contributed by atoms with Crippen LogP contribution in [0.2, 0.25) is 0 Å². The number of carbonyl (C=O) groups is 1. The van der Waals surface area contributed by atoms with E-state index in [1.807, 2.05) is 18.0 Å². The standard InChI is InChI=1S/C10H12N2O2S/c1-12-4-6-7(8(12)9(13)14)11-5-10(15-6)2-3-10/h4,11H,2-3,5H2,1H3,(H,13,14). The molecule has 2 heterocycles. The number of hydrogen-bond acceptors (Lipinski definition) is 3. The van der Waals surface area contributed by atoms with Crippen molar-refractivity contribution in [2.75, 3.05) is 11.9 Å². The van der Waals surface area contributed by atoms with Gasteiger partial charge in [-0.2, -0.15) is 0 Å². The van der Waals surface area contributed by atoms with Gasteiger partial charge >= 0.3 is 5.97 Å². The van der Waals surface area contributed by atoms with Crippen molar-refractivity contribution in [1.29, 1.82) is 0 Å². The van der Waals surface area contributed by atoms with Gasteiger partial charge in [-0.25, -0.2) is 4.79 Å². The van der Waals surface area contributed by atoms with E-state index in [0.29, 0.717) is 10.4 Å². The molecule has 5 heteroatoms. The van der Waals surface area contributed by atoms with Crippen LogP contribution in [-0.4, -0.2) is 26.9 Å². The van der Waals surface area contributed by atoms with Crippen molar-refractivity contribution in [2.45, 2.75) is 22.5 Å². The first-order valence-electron chi connectivity index (χ1n) is 4.97. The van der Waals surface area contributed by atoms with Gasteiger partial charge in [0.2, 0.25) is 0 Å². The number of aromatic carboxylic acids is 1. The summed E-state index contributed by atoms with van der Waals surface area (Å²) in [7, 11) is 1.78. The van der Waals surface area contributed by atoms with Crippen LogP contribution in [0.25, 0.3) is 0 Å². The smallest absolute Gasteiger partial charge is 0.354 e. The van der Waals surface area contributed by atoms with Gasteiger partial charge in [0.25, 0.3) is 0 Å². The molecule has 1 aliphatic heterocycles. The lowest BCUT2D eigenvalue weighted by Crippen LogP contribution is -2.23. The molecule has 0 bridgehead atoms.